The lowest BCUT2D eigenvalue weighted by Gasteiger charge is -2.24. The van der Waals surface area contributed by atoms with Crippen LogP contribution in [0.15, 0.2) is 12.4 Å². The van der Waals surface area contributed by atoms with Crippen LogP contribution in [-0.2, 0) is 0 Å². The van der Waals surface area contributed by atoms with E-state index in [-0.39, 0.29) is 11.1 Å². The highest BCUT2D eigenvalue weighted by atomic mass is 35.5. The molecule has 1 heterocycles. The molecule has 0 saturated heterocycles. The summed E-state index contributed by atoms with van der Waals surface area (Å²) in [5, 5.41) is 3.18. The molecule has 0 aliphatic rings. The number of aromatic nitrogens is 2. The molecule has 0 aliphatic heterocycles. The third kappa shape index (κ3) is 4.26. The molecule has 0 saturated carbocycles. The van der Waals surface area contributed by atoms with Gasteiger partial charge in [-0.05, 0) is 17.8 Å². The Morgan fingerprint density at radius 3 is 2.28 bits per heavy atom. The second kappa shape index (κ2) is 6.69. The number of amides is 1. The van der Waals surface area contributed by atoms with E-state index in [1.165, 1.54) is 12.4 Å². The Kier molecular flexibility index (Phi) is 5.54. The predicted molar refractivity (Wildman–Crippen MR) is 72.5 cm³/mol. The number of carbonyl (C=O) groups excluding carboxylic acids is 1. The predicted octanol–water partition coefficient (Wildman–Crippen LogP) is 2.79. The fourth-order valence-electron chi connectivity index (χ4n) is 1.97. The van der Waals surface area contributed by atoms with E-state index >= 15 is 0 Å². The average Bonchev–Trinajstić information content (AvgIpc) is 2.28. The number of nitrogens with zero attached hydrogens (tertiary/aromatic N) is 2. The van der Waals surface area contributed by atoms with Gasteiger partial charge in [-0.25, -0.2) is 9.97 Å². The van der Waals surface area contributed by atoms with E-state index in [1.54, 1.807) is 0 Å². The molecule has 1 N–H and O–H groups in total. The van der Waals surface area contributed by atoms with E-state index in [2.05, 4.69) is 43.0 Å². The Bertz CT molecular complexity index is 382. The first kappa shape index (κ1) is 14.9. The van der Waals surface area contributed by atoms with Gasteiger partial charge >= 0.3 is 0 Å². The lowest BCUT2D eigenvalue weighted by Crippen LogP contribution is -2.34. The van der Waals surface area contributed by atoms with Crippen molar-refractivity contribution in [3.8, 4) is 0 Å². The third-order valence-electron chi connectivity index (χ3n) is 3.06. The molecule has 0 radical (unpaired) electrons. The van der Waals surface area contributed by atoms with Crippen LogP contribution in [0.4, 0.5) is 0 Å². The van der Waals surface area contributed by atoms with Crippen molar-refractivity contribution < 1.29 is 4.79 Å². The van der Waals surface area contributed by atoms with Crippen LogP contribution in [-0.4, -0.2) is 22.4 Å². The minimum atomic E-state index is -0.203. The molecule has 100 valence electrons. The second-order valence-corrected chi connectivity index (χ2v) is 5.47. The van der Waals surface area contributed by atoms with Gasteiger partial charge in [0.1, 0.15) is 10.8 Å². The summed E-state index contributed by atoms with van der Waals surface area (Å²) in [4.78, 5) is 19.6. The molecule has 0 unspecified atom stereocenters. The summed E-state index contributed by atoms with van der Waals surface area (Å²) in [6.45, 7) is 9.31. The standard InChI is InChI=1S/C13H20ClN3O/c1-8(2)10(9(3)4)5-17-13(18)11-6-16-12(14)7-15-11/h6-10H,5H2,1-4H3,(H,17,18). The number of hydrogen-bond acceptors (Lipinski definition) is 3. The number of carbonyl (C=O) groups is 1. The number of rotatable bonds is 5. The monoisotopic (exact) mass is 269 g/mol. The molecular formula is C13H20ClN3O. The molecule has 0 atom stereocenters. The summed E-state index contributed by atoms with van der Waals surface area (Å²) in [6.07, 6.45) is 2.76. The molecule has 0 fully saturated rings. The molecule has 5 heteroatoms. The first-order chi connectivity index (χ1) is 8.41. The summed E-state index contributed by atoms with van der Waals surface area (Å²) in [7, 11) is 0. The van der Waals surface area contributed by atoms with Crippen molar-refractivity contribution in [2.75, 3.05) is 6.54 Å². The highest BCUT2D eigenvalue weighted by molar-refractivity contribution is 6.29. The smallest absolute Gasteiger partial charge is 0.271 e. The minimum absolute atomic E-state index is 0.203. The average molecular weight is 270 g/mol. The van der Waals surface area contributed by atoms with Crippen LogP contribution in [0.1, 0.15) is 38.2 Å². The first-order valence-corrected chi connectivity index (χ1v) is 6.55. The van der Waals surface area contributed by atoms with Gasteiger partial charge in [-0.2, -0.15) is 0 Å². The van der Waals surface area contributed by atoms with Crippen LogP contribution in [0, 0.1) is 17.8 Å². The van der Waals surface area contributed by atoms with Crippen molar-refractivity contribution in [2.24, 2.45) is 17.8 Å². The van der Waals surface area contributed by atoms with E-state index < -0.39 is 0 Å². The number of halogens is 1. The maximum Gasteiger partial charge on any atom is 0.271 e. The SMILES string of the molecule is CC(C)C(CNC(=O)c1cnc(Cl)cn1)C(C)C. The van der Waals surface area contributed by atoms with Gasteiger partial charge in [0.05, 0.1) is 12.4 Å². The second-order valence-electron chi connectivity index (χ2n) is 5.09. The molecule has 0 bridgehead atoms. The van der Waals surface area contributed by atoms with Crippen molar-refractivity contribution in [1.29, 1.82) is 0 Å². The van der Waals surface area contributed by atoms with Gasteiger partial charge in [0.15, 0.2) is 0 Å². The van der Waals surface area contributed by atoms with Gasteiger partial charge in [-0.3, -0.25) is 4.79 Å². The molecule has 18 heavy (non-hydrogen) atoms. The first-order valence-electron chi connectivity index (χ1n) is 6.17. The normalized spacial score (nSPS) is 11.3. The van der Waals surface area contributed by atoms with E-state index in [0.29, 0.717) is 30.0 Å². The Morgan fingerprint density at radius 1 is 1.22 bits per heavy atom. The van der Waals surface area contributed by atoms with Gasteiger partial charge in [0.2, 0.25) is 0 Å². The van der Waals surface area contributed by atoms with Crippen LogP contribution in [0.3, 0.4) is 0 Å². The van der Waals surface area contributed by atoms with Crippen molar-refractivity contribution in [3.63, 3.8) is 0 Å². The van der Waals surface area contributed by atoms with Crippen molar-refractivity contribution in [1.82, 2.24) is 15.3 Å². The zero-order chi connectivity index (χ0) is 13.7. The van der Waals surface area contributed by atoms with Crippen LogP contribution >= 0.6 is 11.6 Å². The van der Waals surface area contributed by atoms with Crippen LogP contribution in [0.25, 0.3) is 0 Å². The van der Waals surface area contributed by atoms with Crippen molar-refractivity contribution in [2.45, 2.75) is 27.7 Å². The molecule has 1 aromatic rings. The summed E-state index contributed by atoms with van der Waals surface area (Å²) in [5.41, 5.74) is 0.297. The quantitative estimate of drug-likeness (QED) is 0.894. The number of nitrogens with one attached hydrogen (secondary N) is 1. The zero-order valence-electron chi connectivity index (χ0n) is 11.3. The third-order valence-corrected chi connectivity index (χ3v) is 3.26. The van der Waals surface area contributed by atoms with Gasteiger partial charge in [0, 0.05) is 6.54 Å². The zero-order valence-corrected chi connectivity index (χ0v) is 12.0. The highest BCUT2D eigenvalue weighted by Crippen LogP contribution is 2.19. The topological polar surface area (TPSA) is 54.9 Å². The maximum absolute atomic E-state index is 11.8. The van der Waals surface area contributed by atoms with Gasteiger partial charge < -0.3 is 5.32 Å². The van der Waals surface area contributed by atoms with Gasteiger partial charge in [0.25, 0.3) is 5.91 Å². The summed E-state index contributed by atoms with van der Waals surface area (Å²) in [5.74, 6) is 1.31. The molecule has 1 amide bonds. The molecule has 4 nitrogen and oxygen atoms in total. The van der Waals surface area contributed by atoms with Crippen molar-refractivity contribution in [3.05, 3.63) is 23.2 Å². The molecule has 0 aromatic carbocycles. The van der Waals surface area contributed by atoms with E-state index in [4.69, 9.17) is 11.6 Å². The van der Waals surface area contributed by atoms with Crippen molar-refractivity contribution >= 4 is 17.5 Å². The highest BCUT2D eigenvalue weighted by Gasteiger charge is 2.18. The minimum Gasteiger partial charge on any atom is -0.350 e. The molecule has 0 spiro atoms. The summed E-state index contributed by atoms with van der Waals surface area (Å²) < 4.78 is 0. The Balaban J connectivity index is 2.57. The van der Waals surface area contributed by atoms with Crippen LogP contribution in [0.2, 0.25) is 5.15 Å². The Morgan fingerprint density at radius 2 is 1.83 bits per heavy atom. The largest absolute Gasteiger partial charge is 0.350 e. The Labute approximate surface area is 113 Å². The molecule has 1 aromatic heterocycles. The fraction of sp³-hybridized carbons (Fsp3) is 0.615. The number of hydrogen-bond donors (Lipinski definition) is 1. The summed E-state index contributed by atoms with van der Waals surface area (Å²) in [6, 6.07) is 0. The molecule has 1 rings (SSSR count). The molecule has 0 aliphatic carbocycles. The van der Waals surface area contributed by atoms with Gasteiger partial charge in [-0.1, -0.05) is 39.3 Å². The molecular weight excluding hydrogens is 250 g/mol. The summed E-state index contributed by atoms with van der Waals surface area (Å²) >= 11 is 5.62. The van der Waals surface area contributed by atoms with Crippen LogP contribution in [0.5, 0.6) is 0 Å². The Hall–Kier alpha value is -1.16. The lowest BCUT2D eigenvalue weighted by atomic mass is 9.85. The van der Waals surface area contributed by atoms with E-state index in [0.717, 1.165) is 0 Å². The maximum atomic E-state index is 11.8. The van der Waals surface area contributed by atoms with E-state index in [1.807, 2.05) is 0 Å². The van der Waals surface area contributed by atoms with Crippen LogP contribution < -0.4 is 5.32 Å². The fourth-order valence-corrected chi connectivity index (χ4v) is 2.07. The van der Waals surface area contributed by atoms with Gasteiger partial charge in [-0.15, -0.1) is 0 Å². The lowest BCUT2D eigenvalue weighted by molar-refractivity contribution is 0.0932. The van der Waals surface area contributed by atoms with E-state index in [9.17, 15) is 4.79 Å².